The normalized spacial score (nSPS) is 9.69. The molecule has 0 amide bonds. The summed E-state index contributed by atoms with van der Waals surface area (Å²) in [4.78, 5) is 14.8. The van der Waals surface area contributed by atoms with Crippen LogP contribution in [0.2, 0.25) is 0 Å². The van der Waals surface area contributed by atoms with Gasteiger partial charge in [-0.2, -0.15) is 5.26 Å². The molecule has 0 spiro atoms. The molecule has 0 saturated carbocycles. The summed E-state index contributed by atoms with van der Waals surface area (Å²) < 4.78 is 5.04. The Morgan fingerprint density at radius 3 is 2.88 bits per heavy atom. The first-order valence-corrected chi connectivity index (χ1v) is 4.40. The first kappa shape index (κ1) is 9.93. The van der Waals surface area contributed by atoms with E-state index in [4.69, 9.17) is 14.8 Å². The van der Waals surface area contributed by atoms with Gasteiger partial charge < -0.3 is 9.52 Å². The van der Waals surface area contributed by atoms with Crippen LogP contribution in [0.1, 0.15) is 15.9 Å². The summed E-state index contributed by atoms with van der Waals surface area (Å²) in [5.74, 6) is -0.912. The second-order valence-electron chi connectivity index (χ2n) is 2.98. The Balaban J connectivity index is 2.69. The fraction of sp³-hybridized carbons (Fsp3) is 0. The molecule has 0 aliphatic rings. The Bertz CT molecular complexity index is 567. The van der Waals surface area contributed by atoms with Gasteiger partial charge in [-0.25, -0.2) is 9.78 Å². The van der Waals surface area contributed by atoms with Crippen LogP contribution in [-0.4, -0.2) is 16.1 Å². The summed E-state index contributed by atoms with van der Waals surface area (Å²) in [6.07, 6.45) is 2.80. The molecular weight excluding hydrogens is 208 g/mol. The Morgan fingerprint density at radius 2 is 2.31 bits per heavy atom. The number of nitriles is 1. The van der Waals surface area contributed by atoms with E-state index in [1.807, 2.05) is 6.07 Å². The van der Waals surface area contributed by atoms with Gasteiger partial charge in [0, 0.05) is 0 Å². The second-order valence-corrected chi connectivity index (χ2v) is 2.98. The Labute approximate surface area is 90.6 Å². The minimum absolute atomic E-state index is 0.0532. The fourth-order valence-electron chi connectivity index (χ4n) is 1.39. The average Bonchev–Trinajstić information content (AvgIpc) is 2.81. The van der Waals surface area contributed by atoms with E-state index in [1.165, 1.54) is 18.5 Å². The van der Waals surface area contributed by atoms with Crippen molar-refractivity contribution in [1.82, 2.24) is 4.98 Å². The summed E-state index contributed by atoms with van der Waals surface area (Å²) in [6.45, 7) is 0. The van der Waals surface area contributed by atoms with Gasteiger partial charge in [0.2, 0.25) is 5.89 Å². The minimum atomic E-state index is -1.15. The molecule has 0 saturated heterocycles. The number of benzene rings is 1. The van der Waals surface area contributed by atoms with Crippen LogP contribution in [0.3, 0.4) is 0 Å². The maximum atomic E-state index is 10.9. The van der Waals surface area contributed by atoms with Crippen LogP contribution >= 0.6 is 0 Å². The highest BCUT2D eigenvalue weighted by Crippen LogP contribution is 2.24. The Kier molecular flexibility index (Phi) is 2.40. The third-order valence-corrected chi connectivity index (χ3v) is 2.07. The first-order chi connectivity index (χ1) is 7.74. The molecule has 1 N–H and O–H groups in total. The predicted molar refractivity (Wildman–Crippen MR) is 53.6 cm³/mol. The number of oxazole rings is 1. The highest BCUT2D eigenvalue weighted by atomic mass is 16.4. The van der Waals surface area contributed by atoms with Gasteiger partial charge in [-0.1, -0.05) is 6.07 Å². The molecule has 1 aromatic heterocycles. The van der Waals surface area contributed by atoms with E-state index < -0.39 is 5.97 Å². The molecule has 1 aromatic carbocycles. The lowest BCUT2D eigenvalue weighted by molar-refractivity contribution is 0.0696. The van der Waals surface area contributed by atoms with Crippen LogP contribution in [0.15, 0.2) is 35.1 Å². The quantitative estimate of drug-likeness (QED) is 0.824. The van der Waals surface area contributed by atoms with Crippen molar-refractivity contribution in [3.05, 3.63) is 41.8 Å². The van der Waals surface area contributed by atoms with Gasteiger partial charge in [-0.15, -0.1) is 0 Å². The molecule has 16 heavy (non-hydrogen) atoms. The SMILES string of the molecule is N#Cc1c(C(=O)O)cccc1-c1ncco1. The number of aromatic carboxylic acids is 1. The lowest BCUT2D eigenvalue weighted by atomic mass is 10.0. The van der Waals surface area contributed by atoms with Crippen molar-refractivity contribution in [1.29, 1.82) is 5.26 Å². The topological polar surface area (TPSA) is 87.1 Å². The number of hydrogen-bond acceptors (Lipinski definition) is 4. The molecule has 0 radical (unpaired) electrons. The van der Waals surface area contributed by atoms with Crippen molar-refractivity contribution in [2.75, 3.05) is 0 Å². The third kappa shape index (κ3) is 1.53. The summed E-state index contributed by atoms with van der Waals surface area (Å²) in [6, 6.07) is 6.36. The molecule has 0 unspecified atom stereocenters. The highest BCUT2D eigenvalue weighted by molar-refractivity contribution is 5.93. The molecule has 2 aromatic rings. The molecule has 0 bridgehead atoms. The molecule has 1 heterocycles. The molecule has 0 aliphatic carbocycles. The van der Waals surface area contributed by atoms with Crippen molar-refractivity contribution < 1.29 is 14.3 Å². The number of hydrogen-bond donors (Lipinski definition) is 1. The number of nitrogens with zero attached hydrogens (tertiary/aromatic N) is 2. The number of carboxylic acid groups (broad SMARTS) is 1. The van der Waals surface area contributed by atoms with Crippen LogP contribution in [-0.2, 0) is 0 Å². The zero-order valence-corrected chi connectivity index (χ0v) is 8.04. The molecule has 0 fully saturated rings. The number of aromatic nitrogens is 1. The first-order valence-electron chi connectivity index (χ1n) is 4.40. The molecule has 2 rings (SSSR count). The van der Waals surface area contributed by atoms with Crippen molar-refractivity contribution in [2.45, 2.75) is 0 Å². The highest BCUT2D eigenvalue weighted by Gasteiger charge is 2.16. The molecule has 0 atom stereocenters. The molecule has 5 nitrogen and oxygen atoms in total. The standard InChI is InChI=1S/C11H6N2O3/c12-6-9-7(10-13-4-5-16-10)2-1-3-8(9)11(14)15/h1-5H,(H,14,15). The van der Waals surface area contributed by atoms with Crippen LogP contribution < -0.4 is 0 Å². The van der Waals surface area contributed by atoms with E-state index in [0.717, 1.165) is 0 Å². The maximum absolute atomic E-state index is 10.9. The largest absolute Gasteiger partial charge is 0.478 e. The van der Waals surface area contributed by atoms with Gasteiger partial charge in [-0.05, 0) is 12.1 Å². The summed E-state index contributed by atoms with van der Waals surface area (Å²) in [7, 11) is 0. The third-order valence-electron chi connectivity index (χ3n) is 2.07. The van der Waals surface area contributed by atoms with Crippen LogP contribution in [0.5, 0.6) is 0 Å². The lowest BCUT2D eigenvalue weighted by Crippen LogP contribution is -2.01. The van der Waals surface area contributed by atoms with Crippen LogP contribution in [0, 0.1) is 11.3 Å². The number of rotatable bonds is 2. The van der Waals surface area contributed by atoms with Gasteiger partial charge in [0.05, 0.1) is 22.9 Å². The smallest absolute Gasteiger partial charge is 0.337 e. The average molecular weight is 214 g/mol. The van der Waals surface area contributed by atoms with E-state index in [1.54, 1.807) is 12.1 Å². The van der Waals surface area contributed by atoms with Crippen molar-refractivity contribution in [3.8, 4) is 17.5 Å². The van der Waals surface area contributed by atoms with E-state index in [-0.39, 0.29) is 17.0 Å². The van der Waals surface area contributed by atoms with E-state index in [0.29, 0.717) is 5.56 Å². The monoisotopic (exact) mass is 214 g/mol. The zero-order chi connectivity index (χ0) is 11.5. The van der Waals surface area contributed by atoms with E-state index >= 15 is 0 Å². The summed E-state index contributed by atoms with van der Waals surface area (Å²) in [5, 5.41) is 17.9. The van der Waals surface area contributed by atoms with Gasteiger partial charge in [-0.3, -0.25) is 0 Å². The van der Waals surface area contributed by atoms with Gasteiger partial charge in [0.15, 0.2) is 0 Å². The Morgan fingerprint density at radius 1 is 1.50 bits per heavy atom. The molecule has 0 aliphatic heterocycles. The fourth-order valence-corrected chi connectivity index (χ4v) is 1.39. The van der Waals surface area contributed by atoms with E-state index in [9.17, 15) is 4.79 Å². The van der Waals surface area contributed by atoms with E-state index in [2.05, 4.69) is 4.98 Å². The second kappa shape index (κ2) is 3.87. The summed E-state index contributed by atoms with van der Waals surface area (Å²) in [5.41, 5.74) is 0.378. The summed E-state index contributed by atoms with van der Waals surface area (Å²) >= 11 is 0. The molecule has 5 heteroatoms. The van der Waals surface area contributed by atoms with Crippen molar-refractivity contribution in [2.24, 2.45) is 0 Å². The minimum Gasteiger partial charge on any atom is -0.478 e. The number of carboxylic acids is 1. The zero-order valence-electron chi connectivity index (χ0n) is 8.04. The van der Waals surface area contributed by atoms with Gasteiger partial charge >= 0.3 is 5.97 Å². The van der Waals surface area contributed by atoms with Gasteiger partial charge in [0.25, 0.3) is 0 Å². The van der Waals surface area contributed by atoms with Gasteiger partial charge in [0.1, 0.15) is 12.3 Å². The maximum Gasteiger partial charge on any atom is 0.337 e. The van der Waals surface area contributed by atoms with Crippen molar-refractivity contribution in [3.63, 3.8) is 0 Å². The van der Waals surface area contributed by atoms with Crippen LogP contribution in [0.4, 0.5) is 0 Å². The predicted octanol–water partition coefficient (Wildman–Crippen LogP) is 1.91. The molecule has 78 valence electrons. The number of carbonyl (C=O) groups is 1. The van der Waals surface area contributed by atoms with Crippen LogP contribution in [0.25, 0.3) is 11.5 Å². The van der Waals surface area contributed by atoms with Crippen molar-refractivity contribution >= 4 is 5.97 Å². The lowest BCUT2D eigenvalue weighted by Gasteiger charge is -2.02. The Hall–Kier alpha value is -2.61. The molecular formula is C11H6N2O3.